The molecule has 0 bridgehead atoms. The van der Waals surface area contributed by atoms with Crippen LogP contribution in [-0.2, 0) is 21.2 Å². The van der Waals surface area contributed by atoms with Crippen molar-refractivity contribution in [3.63, 3.8) is 0 Å². The lowest BCUT2D eigenvalue weighted by atomic mass is 9.83. The van der Waals surface area contributed by atoms with Gasteiger partial charge in [0, 0.05) is 31.2 Å². The summed E-state index contributed by atoms with van der Waals surface area (Å²) in [6.45, 7) is 2.39. The lowest BCUT2D eigenvalue weighted by molar-refractivity contribution is -0.116. The van der Waals surface area contributed by atoms with Gasteiger partial charge in [0.05, 0.1) is 4.90 Å². The number of halogens is 1. The minimum Gasteiger partial charge on any atom is -0.324 e. The molecule has 0 radical (unpaired) electrons. The van der Waals surface area contributed by atoms with Crippen molar-refractivity contribution in [3.05, 3.63) is 23.8 Å². The van der Waals surface area contributed by atoms with Crippen molar-refractivity contribution in [2.75, 3.05) is 18.0 Å². The lowest BCUT2D eigenvalue weighted by Gasteiger charge is -2.33. The zero-order chi connectivity index (χ0) is 17.4. The number of sulfonamides is 1. The number of nitrogens with zero attached hydrogens (tertiary/aromatic N) is 1. The summed E-state index contributed by atoms with van der Waals surface area (Å²) in [6.07, 6.45) is 5.67. The zero-order valence-electron chi connectivity index (χ0n) is 14.5. The maximum atomic E-state index is 12.6. The van der Waals surface area contributed by atoms with E-state index in [1.807, 2.05) is 0 Å². The largest absolute Gasteiger partial charge is 0.324 e. The minimum atomic E-state index is -3.59. The van der Waals surface area contributed by atoms with E-state index in [0.29, 0.717) is 13.0 Å². The maximum absolute atomic E-state index is 12.6. The van der Waals surface area contributed by atoms with Crippen molar-refractivity contribution in [2.24, 2.45) is 5.73 Å². The summed E-state index contributed by atoms with van der Waals surface area (Å²) in [7, 11) is -3.59. The van der Waals surface area contributed by atoms with Gasteiger partial charge in [0.25, 0.3) is 0 Å². The molecule has 140 valence electrons. The minimum absolute atomic E-state index is 0. The molecular weight excluding hydrogens is 362 g/mol. The fraction of sp³-hybridized carbons (Fsp3) is 0.588. The second kappa shape index (κ2) is 7.61. The van der Waals surface area contributed by atoms with Crippen LogP contribution in [0, 0.1) is 0 Å². The fourth-order valence-electron chi connectivity index (χ4n) is 3.63. The van der Waals surface area contributed by atoms with Crippen LogP contribution in [0.5, 0.6) is 0 Å². The van der Waals surface area contributed by atoms with Crippen LogP contribution in [-0.4, -0.2) is 33.0 Å². The second-order valence-corrected chi connectivity index (χ2v) is 8.73. The van der Waals surface area contributed by atoms with Gasteiger partial charge in [-0.1, -0.05) is 19.3 Å². The molecule has 0 unspecified atom stereocenters. The molecule has 1 amide bonds. The number of anilines is 1. The smallest absolute Gasteiger partial charge is 0.240 e. The highest BCUT2D eigenvalue weighted by Gasteiger charge is 2.30. The van der Waals surface area contributed by atoms with Crippen LogP contribution in [0.15, 0.2) is 23.1 Å². The van der Waals surface area contributed by atoms with E-state index in [-0.39, 0.29) is 29.8 Å². The average Bonchev–Trinajstić information content (AvgIpc) is 2.97. The average molecular weight is 388 g/mol. The highest BCUT2D eigenvalue weighted by molar-refractivity contribution is 7.89. The highest BCUT2D eigenvalue weighted by atomic mass is 35.5. The first-order chi connectivity index (χ1) is 11.3. The van der Waals surface area contributed by atoms with Crippen LogP contribution < -0.4 is 15.4 Å². The van der Waals surface area contributed by atoms with Gasteiger partial charge in [-0.25, -0.2) is 13.1 Å². The number of fused-ring (bicyclic) bond motifs is 1. The first kappa shape index (κ1) is 20.2. The second-order valence-electron chi connectivity index (χ2n) is 6.96. The molecule has 3 rings (SSSR count). The molecule has 2 aliphatic rings. The standard InChI is InChI=1S/C17H25N3O3S.ClH/c1-13(21)20-10-7-14-11-15(5-6-16(14)20)24(22,23)19-12-17(18)8-3-2-4-9-17;/h5-6,11,19H,2-4,7-10,12,18H2,1H3;1H. The summed E-state index contributed by atoms with van der Waals surface area (Å²) in [6, 6.07) is 4.95. The van der Waals surface area contributed by atoms with Crippen molar-refractivity contribution >= 4 is 34.0 Å². The van der Waals surface area contributed by atoms with Crippen LogP contribution in [0.1, 0.15) is 44.6 Å². The molecule has 0 atom stereocenters. The topological polar surface area (TPSA) is 92.5 Å². The van der Waals surface area contributed by atoms with E-state index in [1.54, 1.807) is 23.1 Å². The number of hydrogen-bond acceptors (Lipinski definition) is 4. The summed E-state index contributed by atoms with van der Waals surface area (Å²) in [5.41, 5.74) is 7.58. The normalized spacial score (nSPS) is 19.2. The van der Waals surface area contributed by atoms with E-state index in [2.05, 4.69) is 4.72 Å². The molecule has 1 heterocycles. The Balaban J connectivity index is 0.00000225. The van der Waals surface area contributed by atoms with Crippen molar-refractivity contribution in [2.45, 2.75) is 55.9 Å². The summed E-state index contributed by atoms with van der Waals surface area (Å²) < 4.78 is 27.8. The maximum Gasteiger partial charge on any atom is 0.240 e. The van der Waals surface area contributed by atoms with Gasteiger partial charge in [-0.15, -0.1) is 12.4 Å². The van der Waals surface area contributed by atoms with Crippen LogP contribution in [0.4, 0.5) is 5.69 Å². The Kier molecular flexibility index (Phi) is 6.14. The summed E-state index contributed by atoms with van der Waals surface area (Å²) in [4.78, 5) is 13.5. The molecule has 1 aromatic carbocycles. The molecule has 3 N–H and O–H groups in total. The number of nitrogens with one attached hydrogen (secondary N) is 1. The number of amides is 1. The first-order valence-corrected chi connectivity index (χ1v) is 9.99. The Hall–Kier alpha value is -1.15. The third-order valence-electron chi connectivity index (χ3n) is 5.10. The zero-order valence-corrected chi connectivity index (χ0v) is 16.1. The Morgan fingerprint density at radius 1 is 1.28 bits per heavy atom. The summed E-state index contributed by atoms with van der Waals surface area (Å²) >= 11 is 0. The van der Waals surface area contributed by atoms with Gasteiger partial charge in [0.2, 0.25) is 15.9 Å². The van der Waals surface area contributed by atoms with E-state index < -0.39 is 15.6 Å². The molecule has 0 spiro atoms. The number of benzene rings is 1. The van der Waals surface area contributed by atoms with E-state index in [4.69, 9.17) is 5.73 Å². The summed E-state index contributed by atoms with van der Waals surface area (Å²) in [5, 5.41) is 0. The van der Waals surface area contributed by atoms with E-state index in [9.17, 15) is 13.2 Å². The van der Waals surface area contributed by atoms with Gasteiger partial charge in [-0.3, -0.25) is 4.79 Å². The van der Waals surface area contributed by atoms with Gasteiger partial charge in [-0.2, -0.15) is 0 Å². The van der Waals surface area contributed by atoms with E-state index in [1.165, 1.54) is 13.3 Å². The molecule has 1 aliphatic heterocycles. The number of hydrogen-bond donors (Lipinski definition) is 2. The van der Waals surface area contributed by atoms with Gasteiger partial charge in [0.15, 0.2) is 0 Å². The van der Waals surface area contributed by atoms with Crippen molar-refractivity contribution < 1.29 is 13.2 Å². The Labute approximate surface area is 155 Å². The fourth-order valence-corrected chi connectivity index (χ4v) is 4.82. The quantitative estimate of drug-likeness (QED) is 0.825. The SMILES string of the molecule is CC(=O)N1CCc2cc(S(=O)(=O)NCC3(N)CCCCC3)ccc21.Cl. The molecule has 0 aromatic heterocycles. The van der Waals surface area contributed by atoms with Gasteiger partial charge < -0.3 is 10.6 Å². The Morgan fingerprint density at radius 3 is 2.60 bits per heavy atom. The Morgan fingerprint density at radius 2 is 1.96 bits per heavy atom. The number of carbonyl (C=O) groups excluding carboxylic acids is 1. The number of rotatable bonds is 4. The van der Waals surface area contributed by atoms with Crippen molar-refractivity contribution in [1.29, 1.82) is 0 Å². The highest BCUT2D eigenvalue weighted by Crippen LogP contribution is 2.30. The van der Waals surface area contributed by atoms with Gasteiger partial charge >= 0.3 is 0 Å². The molecule has 0 saturated heterocycles. The molecule has 1 saturated carbocycles. The lowest BCUT2D eigenvalue weighted by Crippen LogP contribution is -2.51. The van der Waals surface area contributed by atoms with Crippen LogP contribution in [0.3, 0.4) is 0 Å². The monoisotopic (exact) mass is 387 g/mol. The van der Waals surface area contributed by atoms with E-state index >= 15 is 0 Å². The third-order valence-corrected chi connectivity index (χ3v) is 6.50. The molecule has 8 heteroatoms. The third kappa shape index (κ3) is 4.34. The molecule has 25 heavy (non-hydrogen) atoms. The predicted molar refractivity (Wildman–Crippen MR) is 101 cm³/mol. The summed E-state index contributed by atoms with van der Waals surface area (Å²) in [5.74, 6) is -0.0233. The van der Waals surface area contributed by atoms with Crippen molar-refractivity contribution in [3.8, 4) is 0 Å². The number of carbonyl (C=O) groups is 1. The van der Waals surface area contributed by atoms with E-state index in [0.717, 1.165) is 36.9 Å². The number of nitrogens with two attached hydrogens (primary N) is 1. The first-order valence-electron chi connectivity index (χ1n) is 8.50. The molecule has 1 aliphatic carbocycles. The molecule has 1 fully saturated rings. The van der Waals surface area contributed by atoms with Gasteiger partial charge in [-0.05, 0) is 43.0 Å². The molecule has 6 nitrogen and oxygen atoms in total. The van der Waals surface area contributed by atoms with Crippen LogP contribution in [0.2, 0.25) is 0 Å². The van der Waals surface area contributed by atoms with Crippen LogP contribution in [0.25, 0.3) is 0 Å². The molecule has 1 aromatic rings. The van der Waals surface area contributed by atoms with Crippen molar-refractivity contribution in [1.82, 2.24) is 4.72 Å². The van der Waals surface area contributed by atoms with Crippen LogP contribution >= 0.6 is 12.4 Å². The molecular formula is C17H26ClN3O3S. The van der Waals surface area contributed by atoms with Gasteiger partial charge in [0.1, 0.15) is 0 Å². The Bertz CT molecular complexity index is 746. The predicted octanol–water partition coefficient (Wildman–Crippen LogP) is 1.96.